The number of amides is 1. The summed E-state index contributed by atoms with van der Waals surface area (Å²) in [6.45, 7) is 6.61. The van der Waals surface area contributed by atoms with Gasteiger partial charge in [-0.15, -0.1) is 5.10 Å². The molecule has 1 amide bonds. The molecule has 0 unspecified atom stereocenters. The maximum atomic E-state index is 13.8. The number of nitrogens with one attached hydrogen (secondary N) is 1. The van der Waals surface area contributed by atoms with Gasteiger partial charge in [0.1, 0.15) is 17.5 Å². The number of nitrogens with zero attached hydrogens (tertiary/aromatic N) is 2. The molecular formula is C16H19ClFN3O5S. The second-order valence-electron chi connectivity index (χ2n) is 6.73. The van der Waals surface area contributed by atoms with Crippen LogP contribution < -0.4 is 5.32 Å². The van der Waals surface area contributed by atoms with Crippen LogP contribution in [-0.2, 0) is 20.3 Å². The first-order valence-electron chi connectivity index (χ1n) is 7.87. The van der Waals surface area contributed by atoms with Gasteiger partial charge in [0.25, 0.3) is 0 Å². The molecule has 148 valence electrons. The number of carbonyl (C=O) groups excluding carboxylic acids is 1. The summed E-state index contributed by atoms with van der Waals surface area (Å²) in [6, 6.07) is 3.04. The average molecular weight is 420 g/mol. The summed E-state index contributed by atoms with van der Waals surface area (Å²) in [5.41, 5.74) is -0.898. The van der Waals surface area contributed by atoms with Crippen molar-refractivity contribution in [3.05, 3.63) is 40.5 Å². The molecule has 0 saturated carbocycles. The predicted octanol–water partition coefficient (Wildman–Crippen LogP) is 3.42. The average Bonchev–Trinajstić information content (AvgIpc) is 3.00. The number of rotatable bonds is 5. The number of aromatic nitrogens is 2. The van der Waals surface area contributed by atoms with Crippen molar-refractivity contribution in [2.75, 3.05) is 0 Å². The molecule has 27 heavy (non-hydrogen) atoms. The van der Waals surface area contributed by atoms with Gasteiger partial charge in [0, 0.05) is 10.6 Å². The molecule has 2 rings (SSSR count). The van der Waals surface area contributed by atoms with E-state index < -0.39 is 44.4 Å². The van der Waals surface area contributed by atoms with Crippen LogP contribution in [0.1, 0.15) is 45.2 Å². The van der Waals surface area contributed by atoms with Crippen molar-refractivity contribution in [2.24, 2.45) is 0 Å². The van der Waals surface area contributed by atoms with E-state index in [1.165, 1.54) is 19.1 Å². The summed E-state index contributed by atoms with van der Waals surface area (Å²) < 4.78 is 48.9. The van der Waals surface area contributed by atoms with Gasteiger partial charge < -0.3 is 14.5 Å². The lowest BCUT2D eigenvalue weighted by Crippen LogP contribution is -2.34. The largest absolute Gasteiger partial charge is 0.444 e. The van der Waals surface area contributed by atoms with Crippen molar-refractivity contribution in [3.63, 3.8) is 0 Å². The molecule has 0 fully saturated rings. The minimum Gasteiger partial charge on any atom is -0.444 e. The number of sulfone groups is 1. The van der Waals surface area contributed by atoms with Crippen LogP contribution in [0.15, 0.2) is 27.8 Å². The van der Waals surface area contributed by atoms with Crippen LogP contribution in [0.5, 0.6) is 0 Å². The fraction of sp³-hybridized carbons (Fsp3) is 0.438. The van der Waals surface area contributed by atoms with Gasteiger partial charge in [0.2, 0.25) is 15.7 Å². The fourth-order valence-corrected chi connectivity index (χ4v) is 3.47. The van der Waals surface area contributed by atoms with Crippen LogP contribution in [-0.4, -0.2) is 30.3 Å². The first-order chi connectivity index (χ1) is 12.4. The Bertz CT molecular complexity index is 920. The number of halogens is 2. The van der Waals surface area contributed by atoms with Gasteiger partial charge in [0.05, 0.1) is 5.75 Å². The van der Waals surface area contributed by atoms with Crippen molar-refractivity contribution in [1.29, 1.82) is 0 Å². The fourth-order valence-electron chi connectivity index (χ4n) is 1.99. The number of hydrogen-bond acceptors (Lipinski definition) is 7. The maximum Gasteiger partial charge on any atom is 0.408 e. The zero-order valence-corrected chi connectivity index (χ0v) is 16.7. The first-order valence-corrected chi connectivity index (χ1v) is 9.90. The van der Waals surface area contributed by atoms with E-state index in [9.17, 15) is 17.6 Å². The minimum absolute atomic E-state index is 0.0294. The number of hydrogen-bond donors (Lipinski definition) is 1. The molecule has 1 heterocycles. The molecule has 1 atom stereocenters. The molecule has 11 heteroatoms. The zero-order chi connectivity index (χ0) is 20.4. The second kappa shape index (κ2) is 7.81. The van der Waals surface area contributed by atoms with Crippen LogP contribution in [0, 0.1) is 5.82 Å². The lowest BCUT2D eigenvalue weighted by Gasteiger charge is -2.20. The highest BCUT2D eigenvalue weighted by molar-refractivity contribution is 7.90. The molecule has 0 aliphatic carbocycles. The van der Waals surface area contributed by atoms with E-state index in [2.05, 4.69) is 15.5 Å². The molecule has 8 nitrogen and oxygen atoms in total. The van der Waals surface area contributed by atoms with Crippen LogP contribution in [0.4, 0.5) is 9.18 Å². The van der Waals surface area contributed by atoms with E-state index in [0.717, 1.165) is 6.07 Å². The Morgan fingerprint density at radius 1 is 1.37 bits per heavy atom. The molecule has 0 spiro atoms. The van der Waals surface area contributed by atoms with Gasteiger partial charge in [-0.1, -0.05) is 22.8 Å². The SMILES string of the molecule is C[C@@H](NC(=O)OC(C)(C)C)c1nnc(S(=O)(=O)Cc2c(F)cccc2Cl)o1. The lowest BCUT2D eigenvalue weighted by atomic mass is 10.2. The first kappa shape index (κ1) is 21.1. The summed E-state index contributed by atoms with van der Waals surface area (Å²) in [4.78, 5) is 11.8. The molecule has 0 aliphatic heterocycles. The number of ether oxygens (including phenoxy) is 1. The molecule has 2 aromatic rings. The standard InChI is InChI=1S/C16H19ClFN3O5S/c1-9(19-14(22)26-16(2,3)4)13-20-21-15(25-13)27(23,24)8-10-11(17)6-5-7-12(10)18/h5-7,9H,8H2,1-4H3,(H,19,22)/t9-/m1/s1. The minimum atomic E-state index is -4.14. The summed E-state index contributed by atoms with van der Waals surface area (Å²) in [5.74, 6) is -1.64. The van der Waals surface area contributed by atoms with Gasteiger partial charge in [-0.25, -0.2) is 17.6 Å². The number of carbonyl (C=O) groups is 1. The normalized spacial score (nSPS) is 13.3. The molecule has 0 saturated heterocycles. The van der Waals surface area contributed by atoms with Crippen molar-refractivity contribution in [3.8, 4) is 0 Å². The third-order valence-electron chi connectivity index (χ3n) is 3.19. The highest BCUT2D eigenvalue weighted by Crippen LogP contribution is 2.25. The Balaban J connectivity index is 2.15. The Labute approximate surface area is 161 Å². The number of alkyl carbamates (subject to hydrolysis) is 1. The Morgan fingerprint density at radius 2 is 2.04 bits per heavy atom. The third kappa shape index (κ3) is 5.64. The smallest absolute Gasteiger partial charge is 0.408 e. The Kier molecular flexibility index (Phi) is 6.10. The van der Waals surface area contributed by atoms with Crippen molar-refractivity contribution in [1.82, 2.24) is 15.5 Å². The quantitative estimate of drug-likeness (QED) is 0.790. The van der Waals surface area contributed by atoms with Crippen LogP contribution in [0.25, 0.3) is 0 Å². The van der Waals surface area contributed by atoms with E-state index in [0.29, 0.717) is 0 Å². The predicted molar refractivity (Wildman–Crippen MR) is 94.4 cm³/mol. The highest BCUT2D eigenvalue weighted by atomic mass is 35.5. The van der Waals surface area contributed by atoms with E-state index in [4.69, 9.17) is 20.8 Å². The monoisotopic (exact) mass is 419 g/mol. The summed E-state index contributed by atoms with van der Waals surface area (Å²) >= 11 is 5.86. The van der Waals surface area contributed by atoms with Crippen molar-refractivity contribution < 1.29 is 26.8 Å². The van der Waals surface area contributed by atoms with E-state index >= 15 is 0 Å². The highest BCUT2D eigenvalue weighted by Gasteiger charge is 2.28. The van der Waals surface area contributed by atoms with Gasteiger partial charge in [-0.2, -0.15) is 0 Å². The molecule has 0 radical (unpaired) electrons. The van der Waals surface area contributed by atoms with E-state index in [-0.39, 0.29) is 16.5 Å². The van der Waals surface area contributed by atoms with Gasteiger partial charge in [-0.05, 0) is 39.8 Å². The number of benzene rings is 1. The van der Waals surface area contributed by atoms with Crippen LogP contribution >= 0.6 is 11.6 Å². The molecule has 1 N–H and O–H groups in total. The van der Waals surface area contributed by atoms with E-state index in [1.54, 1.807) is 20.8 Å². The molecule has 1 aromatic carbocycles. The van der Waals surface area contributed by atoms with Gasteiger partial charge in [0.15, 0.2) is 0 Å². The van der Waals surface area contributed by atoms with Crippen molar-refractivity contribution >= 4 is 27.5 Å². The lowest BCUT2D eigenvalue weighted by molar-refractivity contribution is 0.0500. The second-order valence-corrected chi connectivity index (χ2v) is 9.01. The zero-order valence-electron chi connectivity index (χ0n) is 15.1. The summed E-state index contributed by atoms with van der Waals surface area (Å²) in [5, 5.41) is 8.83. The van der Waals surface area contributed by atoms with Crippen LogP contribution in [0.3, 0.4) is 0 Å². The Morgan fingerprint density at radius 3 is 2.63 bits per heavy atom. The Hall–Kier alpha value is -2.20. The van der Waals surface area contributed by atoms with E-state index in [1.807, 2.05) is 0 Å². The van der Waals surface area contributed by atoms with Crippen molar-refractivity contribution in [2.45, 2.75) is 50.3 Å². The molecule has 0 bridgehead atoms. The third-order valence-corrected chi connectivity index (χ3v) is 4.91. The maximum absolute atomic E-state index is 13.8. The molecular weight excluding hydrogens is 401 g/mol. The van der Waals surface area contributed by atoms with Gasteiger partial charge in [-0.3, -0.25) is 0 Å². The summed E-state index contributed by atoms with van der Waals surface area (Å²) in [6.07, 6.45) is -0.726. The topological polar surface area (TPSA) is 111 Å². The van der Waals surface area contributed by atoms with Crippen LogP contribution in [0.2, 0.25) is 5.02 Å². The molecule has 1 aromatic heterocycles. The molecule has 0 aliphatic rings. The van der Waals surface area contributed by atoms with Gasteiger partial charge >= 0.3 is 11.3 Å². The summed E-state index contributed by atoms with van der Waals surface area (Å²) in [7, 11) is -4.14.